The quantitative estimate of drug-likeness (QED) is 0.877. The zero-order valence-corrected chi connectivity index (χ0v) is 9.70. The van der Waals surface area contributed by atoms with Gasteiger partial charge >= 0.3 is 0 Å². The van der Waals surface area contributed by atoms with Crippen molar-refractivity contribution in [1.82, 2.24) is 4.90 Å². The first-order chi connectivity index (χ1) is 8.20. The van der Waals surface area contributed by atoms with E-state index in [0.717, 1.165) is 37.4 Å². The summed E-state index contributed by atoms with van der Waals surface area (Å²) in [6, 6.07) is 4.14. The molecule has 1 aliphatic rings. The lowest BCUT2D eigenvalue weighted by atomic mass is 10.0. The molecular formula is C13H17F2NO. The molecule has 1 aliphatic heterocycles. The van der Waals surface area contributed by atoms with Crippen LogP contribution in [0.2, 0.25) is 0 Å². The number of benzene rings is 1. The molecule has 0 radical (unpaired) electrons. The van der Waals surface area contributed by atoms with E-state index in [2.05, 4.69) is 4.90 Å². The van der Waals surface area contributed by atoms with Crippen LogP contribution in [0.4, 0.5) is 8.78 Å². The van der Waals surface area contributed by atoms with Crippen LogP contribution < -0.4 is 0 Å². The highest BCUT2D eigenvalue weighted by Gasteiger charge is 2.21. The average Bonchev–Trinajstić information content (AvgIpc) is 2.34. The van der Waals surface area contributed by atoms with E-state index in [1.165, 1.54) is 6.07 Å². The Bertz CT molecular complexity index is 384. The Morgan fingerprint density at radius 2 is 2.06 bits per heavy atom. The predicted molar refractivity (Wildman–Crippen MR) is 61.5 cm³/mol. The van der Waals surface area contributed by atoms with Crippen LogP contribution in [0.15, 0.2) is 18.2 Å². The van der Waals surface area contributed by atoms with Crippen molar-refractivity contribution in [2.75, 3.05) is 13.2 Å². The van der Waals surface area contributed by atoms with Crippen molar-refractivity contribution in [2.24, 2.45) is 0 Å². The molecule has 94 valence electrons. The Hall–Kier alpha value is -1.00. The molecule has 1 fully saturated rings. The second kappa shape index (κ2) is 5.56. The minimum absolute atomic E-state index is 0.129. The molecule has 1 saturated heterocycles. The Balaban J connectivity index is 2.05. The van der Waals surface area contributed by atoms with E-state index in [0.29, 0.717) is 6.54 Å². The monoisotopic (exact) mass is 241 g/mol. The van der Waals surface area contributed by atoms with Crippen LogP contribution >= 0.6 is 0 Å². The fourth-order valence-electron chi connectivity index (χ4n) is 2.35. The number of piperidine rings is 1. The molecule has 17 heavy (non-hydrogen) atoms. The highest BCUT2D eigenvalue weighted by molar-refractivity contribution is 5.17. The number of hydrogen-bond acceptors (Lipinski definition) is 2. The van der Waals surface area contributed by atoms with Crippen LogP contribution in [0.1, 0.15) is 24.8 Å². The van der Waals surface area contributed by atoms with Gasteiger partial charge in [0.05, 0.1) is 6.61 Å². The fraction of sp³-hybridized carbons (Fsp3) is 0.538. The molecule has 0 unspecified atom stereocenters. The summed E-state index contributed by atoms with van der Waals surface area (Å²) in [5.41, 5.74) is 0.754. The Labute approximate surface area is 99.9 Å². The number of hydrogen-bond donors (Lipinski definition) is 1. The van der Waals surface area contributed by atoms with Gasteiger partial charge in [0.2, 0.25) is 0 Å². The highest BCUT2D eigenvalue weighted by Crippen LogP contribution is 2.20. The van der Waals surface area contributed by atoms with Crippen LogP contribution in [0.3, 0.4) is 0 Å². The third kappa shape index (κ3) is 3.01. The Morgan fingerprint density at radius 1 is 1.24 bits per heavy atom. The van der Waals surface area contributed by atoms with E-state index in [1.807, 2.05) is 0 Å². The number of aliphatic hydroxyl groups excluding tert-OH is 1. The molecule has 2 nitrogen and oxygen atoms in total. The maximum absolute atomic E-state index is 13.1. The fourth-order valence-corrected chi connectivity index (χ4v) is 2.35. The largest absolute Gasteiger partial charge is 0.395 e. The average molecular weight is 241 g/mol. The number of likely N-dealkylation sites (tertiary alicyclic amines) is 1. The van der Waals surface area contributed by atoms with Crippen molar-refractivity contribution in [1.29, 1.82) is 0 Å². The van der Waals surface area contributed by atoms with Crippen LogP contribution in [-0.2, 0) is 6.54 Å². The first-order valence-electron chi connectivity index (χ1n) is 5.99. The maximum Gasteiger partial charge on any atom is 0.159 e. The molecule has 4 heteroatoms. The van der Waals surface area contributed by atoms with Gasteiger partial charge in [-0.3, -0.25) is 4.90 Å². The van der Waals surface area contributed by atoms with Crippen molar-refractivity contribution in [3.63, 3.8) is 0 Å². The molecule has 0 spiro atoms. The Morgan fingerprint density at radius 3 is 2.76 bits per heavy atom. The minimum Gasteiger partial charge on any atom is -0.395 e. The highest BCUT2D eigenvalue weighted by atomic mass is 19.2. The van der Waals surface area contributed by atoms with Crippen LogP contribution in [0.25, 0.3) is 0 Å². The topological polar surface area (TPSA) is 23.5 Å². The summed E-state index contributed by atoms with van der Waals surface area (Å²) in [5, 5.41) is 9.26. The normalized spacial score (nSPS) is 21.7. The van der Waals surface area contributed by atoms with Gasteiger partial charge in [-0.25, -0.2) is 8.78 Å². The van der Waals surface area contributed by atoms with Gasteiger partial charge in [0, 0.05) is 12.6 Å². The zero-order valence-electron chi connectivity index (χ0n) is 9.70. The lowest BCUT2D eigenvalue weighted by Crippen LogP contribution is -2.41. The summed E-state index contributed by atoms with van der Waals surface area (Å²) >= 11 is 0. The molecule has 0 aliphatic carbocycles. The summed E-state index contributed by atoms with van der Waals surface area (Å²) < 4.78 is 25.9. The molecule has 0 amide bonds. The second-order valence-corrected chi connectivity index (χ2v) is 4.55. The van der Waals surface area contributed by atoms with Crippen molar-refractivity contribution in [2.45, 2.75) is 31.8 Å². The zero-order chi connectivity index (χ0) is 12.3. The molecule has 1 aromatic carbocycles. The molecule has 0 aromatic heterocycles. The summed E-state index contributed by atoms with van der Waals surface area (Å²) in [6.45, 7) is 1.61. The molecule has 0 saturated carbocycles. The van der Waals surface area contributed by atoms with Crippen LogP contribution in [0, 0.1) is 11.6 Å². The third-order valence-electron chi connectivity index (χ3n) is 3.33. The number of halogens is 2. The number of nitrogens with zero attached hydrogens (tertiary/aromatic N) is 1. The minimum atomic E-state index is -0.814. The van der Waals surface area contributed by atoms with E-state index in [1.54, 1.807) is 6.07 Å². The summed E-state index contributed by atoms with van der Waals surface area (Å²) in [5.74, 6) is -1.62. The lowest BCUT2D eigenvalue weighted by Gasteiger charge is -2.34. The van der Waals surface area contributed by atoms with Gasteiger partial charge in [0.15, 0.2) is 11.6 Å². The maximum atomic E-state index is 13.1. The SMILES string of the molecule is OC[C@@H]1CCCCN1Cc1ccc(F)c(F)c1. The molecule has 2 rings (SSSR count). The van der Waals surface area contributed by atoms with E-state index in [4.69, 9.17) is 0 Å². The van der Waals surface area contributed by atoms with Crippen molar-refractivity contribution in [3.05, 3.63) is 35.4 Å². The van der Waals surface area contributed by atoms with E-state index >= 15 is 0 Å². The number of rotatable bonds is 3. The summed E-state index contributed by atoms with van der Waals surface area (Å²) in [7, 11) is 0. The number of aliphatic hydroxyl groups is 1. The van der Waals surface area contributed by atoms with Crippen molar-refractivity contribution < 1.29 is 13.9 Å². The molecule has 1 N–H and O–H groups in total. The van der Waals surface area contributed by atoms with Crippen molar-refractivity contribution in [3.8, 4) is 0 Å². The standard InChI is InChI=1S/C13H17F2NO/c14-12-5-4-10(7-13(12)15)8-16-6-2-1-3-11(16)9-17/h4-5,7,11,17H,1-3,6,8-9H2/t11-/m0/s1. The smallest absolute Gasteiger partial charge is 0.159 e. The van der Waals surface area contributed by atoms with Crippen LogP contribution in [0.5, 0.6) is 0 Å². The van der Waals surface area contributed by atoms with Gasteiger partial charge in [-0.2, -0.15) is 0 Å². The van der Waals surface area contributed by atoms with Crippen LogP contribution in [-0.4, -0.2) is 29.2 Å². The second-order valence-electron chi connectivity index (χ2n) is 4.55. The van der Waals surface area contributed by atoms with Gasteiger partial charge in [-0.05, 0) is 37.1 Å². The first-order valence-corrected chi connectivity index (χ1v) is 5.99. The molecule has 1 heterocycles. The van der Waals surface area contributed by atoms with Crippen molar-refractivity contribution >= 4 is 0 Å². The van der Waals surface area contributed by atoms with E-state index in [-0.39, 0.29) is 12.6 Å². The third-order valence-corrected chi connectivity index (χ3v) is 3.33. The van der Waals surface area contributed by atoms with Gasteiger partial charge in [-0.1, -0.05) is 12.5 Å². The first kappa shape index (κ1) is 12.5. The molecule has 1 atom stereocenters. The lowest BCUT2D eigenvalue weighted by molar-refractivity contribution is 0.0840. The predicted octanol–water partition coefficient (Wildman–Crippen LogP) is 2.31. The van der Waals surface area contributed by atoms with Gasteiger partial charge in [-0.15, -0.1) is 0 Å². The van der Waals surface area contributed by atoms with Gasteiger partial charge < -0.3 is 5.11 Å². The van der Waals surface area contributed by atoms with Gasteiger partial charge in [0.25, 0.3) is 0 Å². The van der Waals surface area contributed by atoms with E-state index < -0.39 is 11.6 Å². The molecular weight excluding hydrogens is 224 g/mol. The van der Waals surface area contributed by atoms with Gasteiger partial charge in [0.1, 0.15) is 0 Å². The summed E-state index contributed by atoms with van der Waals surface area (Å²) in [6.07, 6.45) is 3.19. The Kier molecular flexibility index (Phi) is 4.07. The molecule has 1 aromatic rings. The molecule has 0 bridgehead atoms. The summed E-state index contributed by atoms with van der Waals surface area (Å²) in [4.78, 5) is 2.14. The van der Waals surface area contributed by atoms with E-state index in [9.17, 15) is 13.9 Å².